The largest absolute Gasteiger partial charge is 0.454 e. The minimum atomic E-state index is -1.11. The van der Waals surface area contributed by atoms with E-state index in [1.165, 1.54) is 0 Å². The van der Waals surface area contributed by atoms with Crippen LogP contribution in [-0.2, 0) is 16.0 Å². The third-order valence-corrected chi connectivity index (χ3v) is 5.15. The molecular formula is C20H27N3O5. The zero-order chi connectivity index (χ0) is 20.3. The first-order chi connectivity index (χ1) is 13.4. The Morgan fingerprint density at radius 3 is 2.71 bits per heavy atom. The van der Waals surface area contributed by atoms with Crippen LogP contribution in [0.1, 0.15) is 39.2 Å². The summed E-state index contributed by atoms with van der Waals surface area (Å²) in [5, 5.41) is 2.75. The van der Waals surface area contributed by atoms with Crippen LogP contribution in [-0.4, -0.2) is 59.6 Å². The van der Waals surface area contributed by atoms with E-state index in [1.54, 1.807) is 17.9 Å². The van der Waals surface area contributed by atoms with E-state index in [2.05, 4.69) is 12.2 Å². The van der Waals surface area contributed by atoms with Crippen LogP contribution >= 0.6 is 0 Å². The number of rotatable bonds is 8. The molecule has 0 bridgehead atoms. The molecule has 1 N–H and O–H groups in total. The summed E-state index contributed by atoms with van der Waals surface area (Å²) in [6, 6.07) is 4.91. The van der Waals surface area contributed by atoms with E-state index in [-0.39, 0.29) is 19.2 Å². The molecule has 3 rings (SSSR count). The first kappa shape index (κ1) is 20.0. The van der Waals surface area contributed by atoms with Crippen molar-refractivity contribution in [3.63, 3.8) is 0 Å². The highest BCUT2D eigenvalue weighted by atomic mass is 16.7. The van der Waals surface area contributed by atoms with E-state index in [9.17, 15) is 14.4 Å². The van der Waals surface area contributed by atoms with Crippen molar-refractivity contribution in [2.75, 3.05) is 26.4 Å². The van der Waals surface area contributed by atoms with Crippen LogP contribution in [0.25, 0.3) is 0 Å². The van der Waals surface area contributed by atoms with Gasteiger partial charge in [-0.15, -0.1) is 0 Å². The second-order valence-corrected chi connectivity index (χ2v) is 7.34. The van der Waals surface area contributed by atoms with E-state index >= 15 is 0 Å². The second kappa shape index (κ2) is 8.08. The third kappa shape index (κ3) is 3.90. The summed E-state index contributed by atoms with van der Waals surface area (Å²) < 4.78 is 10.7. The molecule has 1 fully saturated rings. The van der Waals surface area contributed by atoms with E-state index in [0.717, 1.165) is 23.3 Å². The molecule has 0 radical (unpaired) electrons. The predicted octanol–water partition coefficient (Wildman–Crippen LogP) is 1.92. The van der Waals surface area contributed by atoms with Crippen LogP contribution in [0.2, 0.25) is 0 Å². The molecule has 1 aromatic rings. The van der Waals surface area contributed by atoms with Crippen LogP contribution in [0.3, 0.4) is 0 Å². The van der Waals surface area contributed by atoms with Crippen LogP contribution in [0.15, 0.2) is 18.2 Å². The molecule has 8 nitrogen and oxygen atoms in total. The van der Waals surface area contributed by atoms with E-state index in [4.69, 9.17) is 9.47 Å². The molecule has 8 heteroatoms. The molecule has 0 unspecified atom stereocenters. The molecule has 4 amide bonds. The average molecular weight is 389 g/mol. The number of fused-ring (bicyclic) bond motifs is 1. The molecule has 152 valence electrons. The van der Waals surface area contributed by atoms with Crippen molar-refractivity contribution in [1.29, 1.82) is 0 Å². The standard InChI is InChI=1S/C20H27N3O5/c1-4-6-9-22(5-2)17(24)12-23-18(25)20(3,21-19(23)26)11-14-7-8-15-16(10-14)28-13-27-15/h7-8,10H,4-6,9,11-13H2,1-3H3,(H,21,26)/t20-/m0/s1. The van der Waals surface area contributed by atoms with Gasteiger partial charge in [0.15, 0.2) is 11.5 Å². The lowest BCUT2D eigenvalue weighted by Crippen LogP contribution is -2.47. The van der Waals surface area contributed by atoms with Gasteiger partial charge in [-0.2, -0.15) is 0 Å². The van der Waals surface area contributed by atoms with Crippen molar-refractivity contribution in [1.82, 2.24) is 15.1 Å². The number of carbonyl (C=O) groups is 3. The summed E-state index contributed by atoms with van der Waals surface area (Å²) in [5.74, 6) is 0.677. The number of ether oxygens (including phenoxy) is 2. The molecule has 0 spiro atoms. The van der Waals surface area contributed by atoms with Crippen molar-refractivity contribution in [2.24, 2.45) is 0 Å². The van der Waals surface area contributed by atoms with Crippen LogP contribution in [0, 0.1) is 0 Å². The molecule has 2 aliphatic rings. The number of hydrogen-bond acceptors (Lipinski definition) is 5. The first-order valence-electron chi connectivity index (χ1n) is 9.68. The quantitative estimate of drug-likeness (QED) is 0.686. The van der Waals surface area contributed by atoms with Gasteiger partial charge >= 0.3 is 6.03 Å². The summed E-state index contributed by atoms with van der Waals surface area (Å²) in [6.07, 6.45) is 2.16. The Morgan fingerprint density at radius 1 is 1.25 bits per heavy atom. The number of carbonyl (C=O) groups excluding carboxylic acids is 3. The van der Waals surface area contributed by atoms with Crippen molar-refractivity contribution < 1.29 is 23.9 Å². The number of benzene rings is 1. The van der Waals surface area contributed by atoms with Gasteiger partial charge in [0, 0.05) is 19.5 Å². The van der Waals surface area contributed by atoms with Crippen molar-refractivity contribution in [2.45, 2.75) is 45.6 Å². The van der Waals surface area contributed by atoms with Gasteiger partial charge in [-0.1, -0.05) is 19.4 Å². The normalized spacial score (nSPS) is 20.5. The minimum Gasteiger partial charge on any atom is -0.454 e. The Morgan fingerprint density at radius 2 is 2.00 bits per heavy atom. The lowest BCUT2D eigenvalue weighted by atomic mass is 9.92. The van der Waals surface area contributed by atoms with Gasteiger partial charge in [0.05, 0.1) is 0 Å². The van der Waals surface area contributed by atoms with Crippen LogP contribution in [0.4, 0.5) is 4.79 Å². The molecule has 1 aromatic carbocycles. The molecule has 0 saturated carbocycles. The van der Waals surface area contributed by atoms with Gasteiger partial charge in [-0.05, 0) is 38.0 Å². The van der Waals surface area contributed by atoms with Gasteiger partial charge in [-0.3, -0.25) is 14.5 Å². The highest BCUT2D eigenvalue weighted by Crippen LogP contribution is 2.34. The van der Waals surface area contributed by atoms with Crippen LogP contribution < -0.4 is 14.8 Å². The molecule has 1 saturated heterocycles. The molecule has 2 heterocycles. The number of hydrogen-bond donors (Lipinski definition) is 1. The van der Waals surface area contributed by atoms with Gasteiger partial charge in [-0.25, -0.2) is 4.79 Å². The van der Waals surface area contributed by atoms with E-state index in [0.29, 0.717) is 31.0 Å². The molecule has 0 aliphatic carbocycles. The van der Waals surface area contributed by atoms with Crippen LogP contribution in [0.5, 0.6) is 11.5 Å². The number of likely N-dealkylation sites (N-methyl/N-ethyl adjacent to an activating group) is 1. The third-order valence-electron chi connectivity index (χ3n) is 5.15. The number of unbranched alkanes of at least 4 members (excludes halogenated alkanes) is 1. The lowest BCUT2D eigenvalue weighted by molar-refractivity contribution is -0.138. The van der Waals surface area contributed by atoms with Crippen molar-refractivity contribution in [3.8, 4) is 11.5 Å². The Bertz CT molecular complexity index is 781. The summed E-state index contributed by atoms with van der Waals surface area (Å²) >= 11 is 0. The summed E-state index contributed by atoms with van der Waals surface area (Å²) in [5.41, 5.74) is -0.266. The fourth-order valence-corrected chi connectivity index (χ4v) is 3.51. The lowest BCUT2D eigenvalue weighted by Gasteiger charge is -2.24. The van der Waals surface area contributed by atoms with E-state index in [1.807, 2.05) is 19.1 Å². The maximum atomic E-state index is 13.0. The Kier molecular flexibility index (Phi) is 5.76. The zero-order valence-corrected chi connectivity index (χ0v) is 16.6. The molecular weight excluding hydrogens is 362 g/mol. The maximum absolute atomic E-state index is 13.0. The highest BCUT2D eigenvalue weighted by molar-refractivity contribution is 6.08. The fraction of sp³-hybridized carbons (Fsp3) is 0.550. The highest BCUT2D eigenvalue weighted by Gasteiger charge is 2.48. The van der Waals surface area contributed by atoms with Gasteiger partial charge in [0.25, 0.3) is 5.91 Å². The number of imide groups is 1. The zero-order valence-electron chi connectivity index (χ0n) is 16.6. The molecule has 0 aromatic heterocycles. The molecule has 28 heavy (non-hydrogen) atoms. The summed E-state index contributed by atoms with van der Waals surface area (Å²) in [7, 11) is 0. The number of nitrogens with zero attached hydrogens (tertiary/aromatic N) is 2. The maximum Gasteiger partial charge on any atom is 0.325 e. The molecule has 1 atom stereocenters. The Hall–Kier alpha value is -2.77. The Balaban J connectivity index is 1.69. The fourth-order valence-electron chi connectivity index (χ4n) is 3.51. The first-order valence-corrected chi connectivity index (χ1v) is 9.68. The predicted molar refractivity (Wildman–Crippen MR) is 102 cm³/mol. The number of urea groups is 1. The minimum absolute atomic E-state index is 0.174. The van der Waals surface area contributed by atoms with Crippen molar-refractivity contribution >= 4 is 17.8 Å². The van der Waals surface area contributed by atoms with Gasteiger partial charge < -0.3 is 19.7 Å². The average Bonchev–Trinajstić information content (AvgIpc) is 3.20. The monoisotopic (exact) mass is 389 g/mol. The SMILES string of the molecule is CCCCN(CC)C(=O)CN1C(=O)N[C@@](C)(Cc2ccc3c(c2)OCO3)C1=O. The number of amides is 4. The number of nitrogens with one attached hydrogen (secondary N) is 1. The van der Waals surface area contributed by atoms with Gasteiger partial charge in [0.2, 0.25) is 12.7 Å². The smallest absolute Gasteiger partial charge is 0.325 e. The van der Waals surface area contributed by atoms with Crippen molar-refractivity contribution in [3.05, 3.63) is 23.8 Å². The Labute approximate surface area is 164 Å². The topological polar surface area (TPSA) is 88.2 Å². The summed E-state index contributed by atoms with van der Waals surface area (Å²) in [6.45, 7) is 6.74. The summed E-state index contributed by atoms with van der Waals surface area (Å²) in [4.78, 5) is 40.6. The molecule has 2 aliphatic heterocycles. The van der Waals surface area contributed by atoms with Gasteiger partial charge in [0.1, 0.15) is 12.1 Å². The van der Waals surface area contributed by atoms with E-state index < -0.39 is 17.5 Å². The second-order valence-electron chi connectivity index (χ2n) is 7.34.